The van der Waals surface area contributed by atoms with Gasteiger partial charge in [0.15, 0.2) is 0 Å². The Bertz CT molecular complexity index is 501. The van der Waals surface area contributed by atoms with Crippen LogP contribution in [-0.4, -0.2) is 17.1 Å². The Morgan fingerprint density at radius 3 is 2.26 bits per heavy atom. The maximum Gasteiger partial charge on any atom is 0.335 e. The third-order valence-electron chi connectivity index (χ3n) is 2.87. The molecule has 0 aliphatic carbocycles. The molecule has 2 unspecified atom stereocenters. The lowest BCUT2D eigenvalue weighted by Gasteiger charge is -2.32. The van der Waals surface area contributed by atoms with E-state index in [4.69, 9.17) is 9.05 Å². The van der Waals surface area contributed by atoms with E-state index in [-0.39, 0.29) is 24.1 Å². The first-order valence-corrected chi connectivity index (χ1v) is 7.80. The number of hydrogen-bond acceptors (Lipinski definition) is 5. The van der Waals surface area contributed by atoms with Crippen molar-refractivity contribution in [3.05, 3.63) is 39.9 Å². The maximum atomic E-state index is 12.5. The van der Waals surface area contributed by atoms with Crippen molar-refractivity contribution in [2.24, 2.45) is 0 Å². The average molecular weight is 285 g/mol. The quantitative estimate of drug-likeness (QED) is 0.482. The number of non-ortho nitro benzene ring substituents is 1. The molecular formula is C12H16NO5P. The zero-order valence-electron chi connectivity index (χ0n) is 10.8. The fourth-order valence-corrected chi connectivity index (χ4v) is 4.27. The summed E-state index contributed by atoms with van der Waals surface area (Å²) in [5.74, 6) is 0. The summed E-state index contributed by atoms with van der Waals surface area (Å²) < 4.78 is 23.3. The van der Waals surface area contributed by atoms with Gasteiger partial charge in [0.2, 0.25) is 0 Å². The van der Waals surface area contributed by atoms with Gasteiger partial charge in [-0.2, -0.15) is 0 Å². The number of hydrogen-bond donors (Lipinski definition) is 0. The number of nitro groups is 1. The fourth-order valence-electron chi connectivity index (χ4n) is 2.15. The highest BCUT2D eigenvalue weighted by atomic mass is 31.2. The number of rotatable bonds is 3. The predicted octanol–water partition coefficient (Wildman–Crippen LogP) is 3.50. The normalized spacial score (nSPS) is 31.1. The summed E-state index contributed by atoms with van der Waals surface area (Å²) in [5.41, 5.74) is 0.712. The molecule has 0 saturated carbocycles. The lowest BCUT2D eigenvalue weighted by Crippen LogP contribution is -2.24. The molecule has 104 valence electrons. The third kappa shape index (κ3) is 3.62. The second-order valence-electron chi connectivity index (χ2n) is 4.76. The Morgan fingerprint density at radius 2 is 1.79 bits per heavy atom. The topological polar surface area (TPSA) is 78.7 Å². The van der Waals surface area contributed by atoms with Gasteiger partial charge in [0.25, 0.3) is 5.69 Å². The first-order chi connectivity index (χ1) is 8.88. The van der Waals surface area contributed by atoms with Gasteiger partial charge in [0.05, 0.1) is 23.3 Å². The maximum absolute atomic E-state index is 12.5. The van der Waals surface area contributed by atoms with E-state index in [0.29, 0.717) is 12.0 Å². The van der Waals surface area contributed by atoms with Crippen LogP contribution in [0.1, 0.15) is 25.8 Å². The zero-order chi connectivity index (χ0) is 14.0. The molecule has 1 fully saturated rings. The molecule has 0 aromatic heterocycles. The minimum atomic E-state index is -3.16. The van der Waals surface area contributed by atoms with Gasteiger partial charge in [-0.15, -0.1) is 0 Å². The zero-order valence-corrected chi connectivity index (χ0v) is 11.7. The van der Waals surface area contributed by atoms with Crippen molar-refractivity contribution in [2.75, 3.05) is 0 Å². The Labute approximate surface area is 111 Å². The van der Waals surface area contributed by atoms with E-state index in [2.05, 4.69) is 0 Å². The minimum absolute atomic E-state index is 0.00856. The molecule has 0 radical (unpaired) electrons. The molecule has 0 bridgehead atoms. The molecule has 0 amide bonds. The van der Waals surface area contributed by atoms with Crippen molar-refractivity contribution in [1.82, 2.24) is 0 Å². The average Bonchev–Trinajstić information content (AvgIpc) is 2.26. The molecule has 6 nitrogen and oxygen atoms in total. The van der Waals surface area contributed by atoms with Crippen molar-refractivity contribution in [2.45, 2.75) is 38.6 Å². The number of benzene rings is 1. The van der Waals surface area contributed by atoms with Gasteiger partial charge in [0, 0.05) is 18.6 Å². The lowest BCUT2D eigenvalue weighted by atomic mass is 10.2. The van der Waals surface area contributed by atoms with Crippen LogP contribution in [0.4, 0.5) is 5.69 Å². The number of nitrogens with zero attached hydrogens (tertiary/aromatic N) is 1. The summed E-state index contributed by atoms with van der Waals surface area (Å²) in [6, 6.07) is 5.93. The third-order valence-corrected chi connectivity index (χ3v) is 4.98. The molecule has 2 atom stereocenters. The SMILES string of the molecule is CC1CC(C)OP(=O)(Cc2ccc([N+](=O)[O-])cc2)O1. The van der Waals surface area contributed by atoms with E-state index >= 15 is 0 Å². The molecule has 1 aliphatic heterocycles. The summed E-state index contributed by atoms with van der Waals surface area (Å²) in [4.78, 5) is 10.1. The van der Waals surface area contributed by atoms with Crippen LogP contribution in [-0.2, 0) is 19.8 Å². The van der Waals surface area contributed by atoms with Crippen molar-refractivity contribution < 1.29 is 18.5 Å². The Hall–Kier alpha value is -1.23. The molecule has 0 N–H and O–H groups in total. The molecule has 1 aromatic carbocycles. The second kappa shape index (κ2) is 5.41. The largest absolute Gasteiger partial charge is 0.335 e. The molecule has 1 heterocycles. The summed E-state index contributed by atoms with van der Waals surface area (Å²) in [6.45, 7) is 3.73. The predicted molar refractivity (Wildman–Crippen MR) is 70.1 cm³/mol. The fraction of sp³-hybridized carbons (Fsp3) is 0.500. The molecule has 19 heavy (non-hydrogen) atoms. The summed E-state index contributed by atoms with van der Waals surface area (Å²) in [6.07, 6.45) is 0.643. The van der Waals surface area contributed by atoms with Crippen LogP contribution < -0.4 is 0 Å². The lowest BCUT2D eigenvalue weighted by molar-refractivity contribution is -0.384. The standard InChI is InChI=1S/C12H16NO5P/c1-9-7-10(2)18-19(16,17-9)8-11-3-5-12(6-4-11)13(14)15/h3-6,9-10H,7-8H2,1-2H3. The molecule has 1 aromatic rings. The van der Waals surface area contributed by atoms with Gasteiger partial charge in [0.1, 0.15) is 0 Å². The van der Waals surface area contributed by atoms with Gasteiger partial charge in [-0.3, -0.25) is 14.7 Å². The van der Waals surface area contributed by atoms with Crippen LogP contribution in [0.3, 0.4) is 0 Å². The van der Waals surface area contributed by atoms with E-state index in [1.807, 2.05) is 13.8 Å². The smallest absolute Gasteiger partial charge is 0.305 e. The van der Waals surface area contributed by atoms with E-state index < -0.39 is 12.5 Å². The van der Waals surface area contributed by atoms with Crippen LogP contribution >= 0.6 is 7.60 Å². The summed E-state index contributed by atoms with van der Waals surface area (Å²) in [5, 5.41) is 10.6. The van der Waals surface area contributed by atoms with Gasteiger partial charge in [-0.25, -0.2) is 0 Å². The number of nitro benzene ring substituents is 1. The molecule has 1 saturated heterocycles. The highest BCUT2D eigenvalue weighted by Gasteiger charge is 2.35. The van der Waals surface area contributed by atoms with E-state index in [9.17, 15) is 14.7 Å². The Balaban J connectivity index is 2.11. The first kappa shape index (κ1) is 14.2. The molecule has 0 spiro atoms. The van der Waals surface area contributed by atoms with Crippen molar-refractivity contribution in [3.63, 3.8) is 0 Å². The van der Waals surface area contributed by atoms with E-state index in [1.165, 1.54) is 12.1 Å². The first-order valence-electron chi connectivity index (χ1n) is 6.07. The van der Waals surface area contributed by atoms with Crippen molar-refractivity contribution in [3.8, 4) is 0 Å². The molecule has 1 aliphatic rings. The van der Waals surface area contributed by atoms with Crippen molar-refractivity contribution in [1.29, 1.82) is 0 Å². The van der Waals surface area contributed by atoms with Gasteiger partial charge >= 0.3 is 7.60 Å². The van der Waals surface area contributed by atoms with Crippen molar-refractivity contribution >= 4 is 13.3 Å². The van der Waals surface area contributed by atoms with Crippen LogP contribution in [0.25, 0.3) is 0 Å². The molecule has 2 rings (SSSR count). The van der Waals surface area contributed by atoms with E-state index in [0.717, 1.165) is 0 Å². The van der Waals surface area contributed by atoms with Crippen LogP contribution in [0.5, 0.6) is 0 Å². The van der Waals surface area contributed by atoms with E-state index in [1.54, 1.807) is 12.1 Å². The molecular weight excluding hydrogens is 269 g/mol. The molecule has 7 heteroatoms. The highest BCUT2D eigenvalue weighted by molar-refractivity contribution is 7.53. The van der Waals surface area contributed by atoms with Gasteiger partial charge in [-0.1, -0.05) is 12.1 Å². The van der Waals surface area contributed by atoms with Crippen LogP contribution in [0, 0.1) is 10.1 Å². The summed E-state index contributed by atoms with van der Waals surface area (Å²) >= 11 is 0. The van der Waals surface area contributed by atoms with Crippen LogP contribution in [0.15, 0.2) is 24.3 Å². The van der Waals surface area contributed by atoms with Gasteiger partial charge < -0.3 is 9.05 Å². The monoisotopic (exact) mass is 285 g/mol. The van der Waals surface area contributed by atoms with Crippen LogP contribution in [0.2, 0.25) is 0 Å². The second-order valence-corrected chi connectivity index (χ2v) is 6.72. The highest BCUT2D eigenvalue weighted by Crippen LogP contribution is 2.56. The summed E-state index contributed by atoms with van der Waals surface area (Å²) in [7, 11) is -3.16. The Kier molecular flexibility index (Phi) is 4.04. The Morgan fingerprint density at radius 1 is 1.26 bits per heavy atom. The van der Waals surface area contributed by atoms with Gasteiger partial charge in [-0.05, 0) is 19.4 Å². The minimum Gasteiger partial charge on any atom is -0.305 e.